The second-order valence-corrected chi connectivity index (χ2v) is 7.26. The summed E-state index contributed by atoms with van der Waals surface area (Å²) in [5.41, 5.74) is -0.308. The van der Waals surface area contributed by atoms with E-state index in [4.69, 9.17) is 4.42 Å². The molecule has 2 heterocycles. The van der Waals surface area contributed by atoms with Crippen LogP contribution in [-0.2, 0) is 9.59 Å². The van der Waals surface area contributed by atoms with Crippen molar-refractivity contribution in [3.63, 3.8) is 0 Å². The Morgan fingerprint density at radius 3 is 2.31 bits per heavy atom. The number of amides is 3. The van der Waals surface area contributed by atoms with Gasteiger partial charge in [0, 0.05) is 26.2 Å². The first-order valence-corrected chi connectivity index (χ1v) is 9.48. The fourth-order valence-electron chi connectivity index (χ4n) is 3.57. The Morgan fingerprint density at radius 2 is 1.69 bits per heavy atom. The highest BCUT2D eigenvalue weighted by atomic mass is 16.3. The Balaban J connectivity index is 1.39. The predicted octanol–water partition coefficient (Wildman–Crippen LogP) is 1.85. The summed E-state index contributed by atoms with van der Waals surface area (Å²) in [6.45, 7) is 1.52. The highest BCUT2D eigenvalue weighted by molar-refractivity contribution is 6.13. The fraction of sp³-hybridized carbons (Fsp3) is 0.333. The van der Waals surface area contributed by atoms with Gasteiger partial charge in [-0.05, 0) is 37.1 Å². The van der Waals surface area contributed by atoms with Gasteiger partial charge in [0.1, 0.15) is 11.5 Å². The number of rotatable bonds is 4. The topological polar surface area (TPSA) is 107 Å². The van der Waals surface area contributed by atoms with Gasteiger partial charge in [-0.25, -0.2) is 0 Å². The van der Waals surface area contributed by atoms with Gasteiger partial charge in [-0.3, -0.25) is 14.4 Å². The van der Waals surface area contributed by atoms with E-state index in [2.05, 4.69) is 5.32 Å². The standard InChI is InChI=1S/C21H20N4O4/c22-14-15-4-1-2-5-16(15)23-19(27)21(7-8-21)20(28)25-11-9-24(10-12-25)18(26)17-6-3-13-29-17/h1-6,13H,7-12H2,(H,23,27). The van der Waals surface area contributed by atoms with Crippen LogP contribution in [0.5, 0.6) is 0 Å². The van der Waals surface area contributed by atoms with Crippen LogP contribution in [0.1, 0.15) is 29.0 Å². The van der Waals surface area contributed by atoms with Gasteiger partial charge in [0.25, 0.3) is 5.91 Å². The van der Waals surface area contributed by atoms with Crippen molar-refractivity contribution in [2.24, 2.45) is 5.41 Å². The number of nitrogens with one attached hydrogen (secondary N) is 1. The lowest BCUT2D eigenvalue weighted by Gasteiger charge is -2.36. The highest BCUT2D eigenvalue weighted by Crippen LogP contribution is 2.48. The number of hydrogen-bond donors (Lipinski definition) is 1. The lowest BCUT2D eigenvalue weighted by Crippen LogP contribution is -2.53. The SMILES string of the molecule is N#Cc1ccccc1NC(=O)C1(C(=O)N2CCN(C(=O)c3ccco3)CC2)CC1. The van der Waals surface area contributed by atoms with Crippen LogP contribution in [0, 0.1) is 16.7 Å². The third-order valence-electron chi connectivity index (χ3n) is 5.48. The number of para-hydroxylation sites is 1. The summed E-state index contributed by atoms with van der Waals surface area (Å²) >= 11 is 0. The minimum atomic E-state index is -1.07. The molecule has 1 N–H and O–H groups in total. The van der Waals surface area contributed by atoms with Crippen LogP contribution in [0.25, 0.3) is 0 Å². The van der Waals surface area contributed by atoms with Gasteiger partial charge in [0.2, 0.25) is 11.8 Å². The second kappa shape index (κ2) is 7.43. The van der Waals surface area contributed by atoms with E-state index in [9.17, 15) is 19.6 Å². The van der Waals surface area contributed by atoms with E-state index in [1.807, 2.05) is 6.07 Å². The molecule has 1 aromatic heterocycles. The lowest BCUT2D eigenvalue weighted by molar-refractivity contribution is -0.143. The summed E-state index contributed by atoms with van der Waals surface area (Å²) in [6.07, 6.45) is 2.42. The quantitative estimate of drug-likeness (QED) is 0.799. The van der Waals surface area contributed by atoms with Crippen LogP contribution < -0.4 is 5.32 Å². The smallest absolute Gasteiger partial charge is 0.289 e. The molecule has 0 atom stereocenters. The van der Waals surface area contributed by atoms with E-state index in [0.717, 1.165) is 0 Å². The Hall–Kier alpha value is -3.60. The van der Waals surface area contributed by atoms with E-state index in [1.54, 1.807) is 46.2 Å². The van der Waals surface area contributed by atoms with Crippen molar-refractivity contribution in [2.45, 2.75) is 12.8 Å². The number of piperazine rings is 1. The van der Waals surface area contributed by atoms with Crippen LogP contribution >= 0.6 is 0 Å². The lowest BCUT2D eigenvalue weighted by atomic mass is 10.0. The molecule has 148 valence electrons. The Bertz CT molecular complexity index is 980. The maximum Gasteiger partial charge on any atom is 0.289 e. The van der Waals surface area contributed by atoms with E-state index in [0.29, 0.717) is 50.3 Å². The number of hydrogen-bond acceptors (Lipinski definition) is 5. The van der Waals surface area contributed by atoms with Crippen LogP contribution in [0.2, 0.25) is 0 Å². The highest BCUT2D eigenvalue weighted by Gasteiger charge is 2.58. The number of carbonyl (C=O) groups excluding carboxylic acids is 3. The average Bonchev–Trinajstić information content (AvgIpc) is 3.39. The zero-order valence-electron chi connectivity index (χ0n) is 15.8. The molecule has 29 heavy (non-hydrogen) atoms. The van der Waals surface area contributed by atoms with Crippen molar-refractivity contribution in [1.82, 2.24) is 9.80 Å². The normalized spacial score (nSPS) is 17.3. The number of furan rings is 1. The van der Waals surface area contributed by atoms with Crippen molar-refractivity contribution in [1.29, 1.82) is 5.26 Å². The molecule has 3 amide bonds. The van der Waals surface area contributed by atoms with Crippen molar-refractivity contribution in [2.75, 3.05) is 31.5 Å². The van der Waals surface area contributed by atoms with Gasteiger partial charge in [-0.2, -0.15) is 5.26 Å². The molecule has 8 nitrogen and oxygen atoms in total. The van der Waals surface area contributed by atoms with Crippen molar-refractivity contribution in [3.05, 3.63) is 54.0 Å². The molecule has 2 aromatic rings. The zero-order valence-corrected chi connectivity index (χ0v) is 15.8. The first-order chi connectivity index (χ1) is 14.0. The first-order valence-electron chi connectivity index (χ1n) is 9.48. The number of benzene rings is 1. The summed E-state index contributed by atoms with van der Waals surface area (Å²) in [5, 5.41) is 11.9. The number of nitriles is 1. The minimum absolute atomic E-state index is 0.200. The summed E-state index contributed by atoms with van der Waals surface area (Å²) in [6, 6.07) is 12.0. The molecule has 1 aliphatic heterocycles. The molecule has 0 unspecified atom stereocenters. The number of anilines is 1. The van der Waals surface area contributed by atoms with Gasteiger partial charge in [-0.1, -0.05) is 12.1 Å². The minimum Gasteiger partial charge on any atom is -0.459 e. The molecule has 1 aromatic carbocycles. The van der Waals surface area contributed by atoms with Crippen molar-refractivity contribution >= 4 is 23.4 Å². The molecule has 1 saturated heterocycles. The Labute approximate surface area is 167 Å². The molecular weight excluding hydrogens is 372 g/mol. The molecule has 0 radical (unpaired) electrons. The van der Waals surface area contributed by atoms with Crippen molar-refractivity contribution < 1.29 is 18.8 Å². The van der Waals surface area contributed by atoms with Gasteiger partial charge < -0.3 is 19.5 Å². The van der Waals surface area contributed by atoms with Gasteiger partial charge in [0.15, 0.2) is 5.76 Å². The molecule has 8 heteroatoms. The van der Waals surface area contributed by atoms with E-state index in [1.165, 1.54) is 6.26 Å². The maximum atomic E-state index is 13.1. The van der Waals surface area contributed by atoms with E-state index < -0.39 is 5.41 Å². The van der Waals surface area contributed by atoms with Gasteiger partial charge in [-0.15, -0.1) is 0 Å². The molecule has 1 aliphatic carbocycles. The third-order valence-corrected chi connectivity index (χ3v) is 5.48. The molecular formula is C21H20N4O4. The Morgan fingerprint density at radius 1 is 1.00 bits per heavy atom. The molecule has 2 fully saturated rings. The van der Waals surface area contributed by atoms with Crippen LogP contribution in [0.3, 0.4) is 0 Å². The largest absolute Gasteiger partial charge is 0.459 e. The molecule has 2 aliphatic rings. The zero-order chi connectivity index (χ0) is 20.4. The monoisotopic (exact) mass is 392 g/mol. The third kappa shape index (κ3) is 3.47. The average molecular weight is 392 g/mol. The summed E-state index contributed by atoms with van der Waals surface area (Å²) in [4.78, 5) is 41.5. The second-order valence-electron chi connectivity index (χ2n) is 7.26. The first kappa shape index (κ1) is 18.7. The summed E-state index contributed by atoms with van der Waals surface area (Å²) in [7, 11) is 0. The van der Waals surface area contributed by atoms with Gasteiger partial charge in [0.05, 0.1) is 17.5 Å². The molecule has 1 saturated carbocycles. The molecule has 0 bridgehead atoms. The molecule has 0 spiro atoms. The predicted molar refractivity (Wildman–Crippen MR) is 103 cm³/mol. The van der Waals surface area contributed by atoms with Crippen LogP contribution in [-0.4, -0.2) is 53.7 Å². The van der Waals surface area contributed by atoms with Crippen molar-refractivity contribution in [3.8, 4) is 6.07 Å². The van der Waals surface area contributed by atoms with E-state index >= 15 is 0 Å². The maximum absolute atomic E-state index is 13.1. The number of carbonyl (C=O) groups is 3. The summed E-state index contributed by atoms with van der Waals surface area (Å²) < 4.78 is 5.15. The summed E-state index contributed by atoms with van der Waals surface area (Å²) in [5.74, 6) is -0.512. The fourth-order valence-corrected chi connectivity index (χ4v) is 3.57. The van der Waals surface area contributed by atoms with E-state index in [-0.39, 0.29) is 23.5 Å². The van der Waals surface area contributed by atoms with Crippen LogP contribution in [0.15, 0.2) is 47.1 Å². The molecule has 4 rings (SSSR count). The Kier molecular flexibility index (Phi) is 4.80. The number of nitrogens with zero attached hydrogens (tertiary/aromatic N) is 3. The van der Waals surface area contributed by atoms with Crippen LogP contribution in [0.4, 0.5) is 5.69 Å². The van der Waals surface area contributed by atoms with Gasteiger partial charge >= 0.3 is 0 Å².